The van der Waals surface area contributed by atoms with Crippen LogP contribution in [0.4, 0.5) is 0 Å². The summed E-state index contributed by atoms with van der Waals surface area (Å²) in [6.07, 6.45) is 21.6. The number of unbranched alkanes of at least 4 members (excludes halogenated alkanes) is 10. The van der Waals surface area contributed by atoms with Crippen LogP contribution in [0.25, 0.3) is 0 Å². The third-order valence-electron chi connectivity index (χ3n) is 4.85. The topological polar surface area (TPSA) is 12.0 Å². The maximum absolute atomic E-state index is 3.78. The van der Waals surface area contributed by atoms with Crippen molar-refractivity contribution in [3.8, 4) is 0 Å². The Bertz CT molecular complexity index is 176. The Hall–Kier alpha value is -0.0400. The van der Waals surface area contributed by atoms with Gasteiger partial charge in [0.25, 0.3) is 0 Å². The molecule has 20 heavy (non-hydrogen) atoms. The first-order valence-corrected chi connectivity index (χ1v) is 9.62. The molecule has 0 saturated carbocycles. The van der Waals surface area contributed by atoms with Crippen molar-refractivity contribution in [1.29, 1.82) is 0 Å². The quantitative estimate of drug-likeness (QED) is 0.373. The van der Waals surface area contributed by atoms with Gasteiger partial charge in [-0.25, -0.2) is 0 Å². The Morgan fingerprint density at radius 2 is 0.950 bits per heavy atom. The zero-order valence-electron chi connectivity index (χ0n) is 14.3. The second-order valence-corrected chi connectivity index (χ2v) is 6.91. The molecule has 2 atom stereocenters. The molecule has 1 saturated heterocycles. The Kier molecular flexibility index (Phi) is 11.4. The van der Waals surface area contributed by atoms with Crippen LogP contribution in [0.3, 0.4) is 0 Å². The summed E-state index contributed by atoms with van der Waals surface area (Å²) in [7, 11) is 0. The smallest absolute Gasteiger partial charge is 0.00844 e. The van der Waals surface area contributed by atoms with E-state index in [0.717, 1.165) is 12.1 Å². The molecule has 2 unspecified atom stereocenters. The van der Waals surface area contributed by atoms with Gasteiger partial charge in [-0.2, -0.15) is 0 Å². The minimum Gasteiger partial charge on any atom is -0.311 e. The van der Waals surface area contributed by atoms with Crippen molar-refractivity contribution in [3.05, 3.63) is 0 Å². The van der Waals surface area contributed by atoms with Gasteiger partial charge < -0.3 is 5.32 Å². The van der Waals surface area contributed by atoms with E-state index in [1.54, 1.807) is 0 Å². The van der Waals surface area contributed by atoms with Crippen LogP contribution in [0.15, 0.2) is 0 Å². The van der Waals surface area contributed by atoms with E-state index in [1.165, 1.54) is 96.3 Å². The Morgan fingerprint density at radius 1 is 0.600 bits per heavy atom. The fraction of sp³-hybridized carbons (Fsp3) is 1.00. The molecule has 1 N–H and O–H groups in total. The van der Waals surface area contributed by atoms with Gasteiger partial charge >= 0.3 is 0 Å². The molecule has 0 aliphatic carbocycles. The van der Waals surface area contributed by atoms with E-state index in [4.69, 9.17) is 0 Å². The molecule has 1 rings (SSSR count). The van der Waals surface area contributed by atoms with E-state index in [-0.39, 0.29) is 0 Å². The SMILES string of the molecule is CCCCCCCCC1CC(CCCCCCCC)N1. The lowest BCUT2D eigenvalue weighted by molar-refractivity contribution is 0.230. The first kappa shape index (κ1) is 18.0. The summed E-state index contributed by atoms with van der Waals surface area (Å²) in [5.41, 5.74) is 0. The van der Waals surface area contributed by atoms with Crippen molar-refractivity contribution in [2.75, 3.05) is 0 Å². The summed E-state index contributed by atoms with van der Waals surface area (Å²) in [4.78, 5) is 0. The maximum Gasteiger partial charge on any atom is 0.00844 e. The normalized spacial score (nSPS) is 21.9. The molecule has 0 spiro atoms. The molecule has 0 aromatic heterocycles. The molecule has 0 bridgehead atoms. The van der Waals surface area contributed by atoms with E-state index < -0.39 is 0 Å². The predicted octanol–water partition coefficient (Wildman–Crippen LogP) is 6.22. The third kappa shape index (κ3) is 9.00. The third-order valence-corrected chi connectivity index (χ3v) is 4.85. The van der Waals surface area contributed by atoms with Crippen LogP contribution >= 0.6 is 0 Å². The van der Waals surface area contributed by atoms with Gasteiger partial charge in [0.1, 0.15) is 0 Å². The van der Waals surface area contributed by atoms with Crippen LogP contribution in [-0.4, -0.2) is 12.1 Å². The van der Waals surface area contributed by atoms with Crippen LogP contribution < -0.4 is 5.32 Å². The van der Waals surface area contributed by atoms with Crippen LogP contribution in [0.2, 0.25) is 0 Å². The van der Waals surface area contributed by atoms with E-state index in [0.29, 0.717) is 0 Å². The number of rotatable bonds is 14. The number of hydrogen-bond acceptors (Lipinski definition) is 1. The lowest BCUT2D eigenvalue weighted by Crippen LogP contribution is -2.52. The molecule has 0 radical (unpaired) electrons. The van der Waals surface area contributed by atoms with Gasteiger partial charge in [-0.1, -0.05) is 90.9 Å². The fourth-order valence-corrected chi connectivity index (χ4v) is 3.40. The van der Waals surface area contributed by atoms with Crippen molar-refractivity contribution in [3.63, 3.8) is 0 Å². The Labute approximate surface area is 128 Å². The van der Waals surface area contributed by atoms with E-state index in [2.05, 4.69) is 19.2 Å². The lowest BCUT2D eigenvalue weighted by atomic mass is 9.89. The standard InChI is InChI=1S/C19H39N/c1-3-5-7-9-11-13-15-18-17-19(20-18)16-14-12-10-8-6-4-2/h18-20H,3-17H2,1-2H3. The summed E-state index contributed by atoms with van der Waals surface area (Å²) in [5.74, 6) is 0. The predicted molar refractivity (Wildman–Crippen MR) is 91.3 cm³/mol. The molecule has 0 amide bonds. The van der Waals surface area contributed by atoms with E-state index >= 15 is 0 Å². The van der Waals surface area contributed by atoms with Crippen molar-refractivity contribution in [1.82, 2.24) is 5.32 Å². The molecule has 1 fully saturated rings. The summed E-state index contributed by atoms with van der Waals surface area (Å²) < 4.78 is 0. The molecule has 1 heteroatoms. The van der Waals surface area contributed by atoms with Crippen molar-refractivity contribution >= 4 is 0 Å². The zero-order chi connectivity index (χ0) is 14.5. The Balaban J connectivity index is 1.76. The van der Waals surface area contributed by atoms with Gasteiger partial charge in [-0.15, -0.1) is 0 Å². The number of nitrogens with one attached hydrogen (secondary N) is 1. The average molecular weight is 282 g/mol. The van der Waals surface area contributed by atoms with E-state index in [9.17, 15) is 0 Å². The Morgan fingerprint density at radius 3 is 1.35 bits per heavy atom. The largest absolute Gasteiger partial charge is 0.311 e. The highest BCUT2D eigenvalue weighted by Crippen LogP contribution is 2.22. The summed E-state index contributed by atoms with van der Waals surface area (Å²) >= 11 is 0. The molecule has 1 heterocycles. The van der Waals surface area contributed by atoms with Gasteiger partial charge in [0.2, 0.25) is 0 Å². The van der Waals surface area contributed by atoms with Crippen LogP contribution in [0, 0.1) is 0 Å². The molecular formula is C19H39N. The fourth-order valence-electron chi connectivity index (χ4n) is 3.40. The van der Waals surface area contributed by atoms with Gasteiger partial charge in [0, 0.05) is 12.1 Å². The molecule has 0 aromatic rings. The molecule has 1 aliphatic heterocycles. The second-order valence-electron chi connectivity index (χ2n) is 6.91. The molecule has 1 aliphatic rings. The van der Waals surface area contributed by atoms with Crippen molar-refractivity contribution < 1.29 is 0 Å². The first-order valence-electron chi connectivity index (χ1n) is 9.62. The van der Waals surface area contributed by atoms with Crippen LogP contribution in [-0.2, 0) is 0 Å². The highest BCUT2D eigenvalue weighted by Gasteiger charge is 2.26. The van der Waals surface area contributed by atoms with Gasteiger partial charge in [0.15, 0.2) is 0 Å². The van der Waals surface area contributed by atoms with Gasteiger partial charge in [-0.3, -0.25) is 0 Å². The second kappa shape index (κ2) is 12.7. The van der Waals surface area contributed by atoms with E-state index in [1.807, 2.05) is 0 Å². The van der Waals surface area contributed by atoms with Crippen LogP contribution in [0.5, 0.6) is 0 Å². The average Bonchev–Trinajstić information content (AvgIpc) is 2.41. The van der Waals surface area contributed by atoms with Crippen molar-refractivity contribution in [2.45, 2.75) is 122 Å². The minimum atomic E-state index is 0.867. The lowest BCUT2D eigenvalue weighted by Gasteiger charge is -2.37. The maximum atomic E-state index is 3.78. The number of hydrogen-bond donors (Lipinski definition) is 1. The molecule has 0 aromatic carbocycles. The van der Waals surface area contributed by atoms with Gasteiger partial charge in [0.05, 0.1) is 0 Å². The summed E-state index contributed by atoms with van der Waals surface area (Å²) in [6, 6.07) is 1.73. The molecular weight excluding hydrogens is 242 g/mol. The van der Waals surface area contributed by atoms with Crippen molar-refractivity contribution in [2.24, 2.45) is 0 Å². The molecule has 120 valence electrons. The highest BCUT2D eigenvalue weighted by atomic mass is 15.0. The van der Waals surface area contributed by atoms with Gasteiger partial charge in [-0.05, 0) is 19.3 Å². The zero-order valence-corrected chi connectivity index (χ0v) is 14.3. The minimum absolute atomic E-state index is 0.867. The van der Waals surface area contributed by atoms with Crippen LogP contribution in [0.1, 0.15) is 110 Å². The first-order chi connectivity index (χ1) is 9.86. The summed E-state index contributed by atoms with van der Waals surface area (Å²) in [6.45, 7) is 4.59. The highest BCUT2D eigenvalue weighted by molar-refractivity contribution is 4.87. The summed E-state index contributed by atoms with van der Waals surface area (Å²) in [5, 5.41) is 3.78. The molecule has 1 nitrogen and oxygen atoms in total. The monoisotopic (exact) mass is 281 g/mol.